The quantitative estimate of drug-likeness (QED) is 0.750. The highest BCUT2D eigenvalue weighted by Crippen LogP contribution is 2.38. The minimum absolute atomic E-state index is 0.191. The van der Waals surface area contributed by atoms with Crippen LogP contribution in [-0.4, -0.2) is 73.5 Å². The highest BCUT2D eigenvalue weighted by molar-refractivity contribution is 5.88. The molecule has 0 radical (unpaired) electrons. The lowest BCUT2D eigenvalue weighted by molar-refractivity contribution is -0.137. The molecule has 2 aromatic rings. The van der Waals surface area contributed by atoms with Crippen LogP contribution in [0.2, 0.25) is 0 Å². The summed E-state index contributed by atoms with van der Waals surface area (Å²) in [4.78, 5) is 28.2. The molecule has 9 nitrogen and oxygen atoms in total. The Kier molecular flexibility index (Phi) is 5.37. The van der Waals surface area contributed by atoms with Gasteiger partial charge in [-0.05, 0) is 6.07 Å². The number of amides is 1. The lowest BCUT2D eigenvalue weighted by Crippen LogP contribution is -2.39. The number of alkyl halides is 3. The molecule has 0 saturated carbocycles. The number of anilines is 3. The number of hydrogen-bond donors (Lipinski definition) is 1. The summed E-state index contributed by atoms with van der Waals surface area (Å²) in [5.74, 6) is -1.27. The van der Waals surface area contributed by atoms with Gasteiger partial charge in [-0.3, -0.25) is 4.79 Å². The van der Waals surface area contributed by atoms with Crippen molar-refractivity contribution in [2.45, 2.75) is 13.0 Å². The van der Waals surface area contributed by atoms with Crippen LogP contribution < -0.4 is 15.1 Å². The smallest absolute Gasteiger partial charge is 0.378 e. The van der Waals surface area contributed by atoms with Gasteiger partial charge in [0.25, 0.3) is 0 Å². The van der Waals surface area contributed by atoms with Crippen molar-refractivity contribution < 1.29 is 31.6 Å². The average Bonchev–Trinajstić information content (AvgIpc) is 2.83. The van der Waals surface area contributed by atoms with Gasteiger partial charge in [-0.25, -0.2) is 15.0 Å². The topological polar surface area (TPSA) is 92.7 Å². The normalized spacial score (nSPS) is 19.2. The molecule has 4 rings (SSSR count). The molecule has 4 heterocycles. The molecule has 12 heteroatoms. The zero-order valence-electron chi connectivity index (χ0n) is 20.0. The van der Waals surface area contributed by atoms with Crippen molar-refractivity contribution in [1.29, 1.82) is 0 Å². The number of carbonyl (C=O) groups excluding carboxylic acids is 1. The first-order valence-electron chi connectivity index (χ1n) is 11.5. The monoisotopic (exact) mass is 455 g/mol. The fourth-order valence-electron chi connectivity index (χ4n) is 3.50. The van der Waals surface area contributed by atoms with Crippen LogP contribution in [0.1, 0.15) is 16.5 Å². The summed E-state index contributed by atoms with van der Waals surface area (Å²) in [6.07, 6.45) is -3.96. The Labute approximate surface area is 186 Å². The standard InChI is InChI=1S/C20H23F3N6O3/c1-13(30)25-16-10-15(20(21,22)23)14(12-24-16)19-26-17(28-2-6-31-7-3-28)11-18(27-19)29-4-8-32-9-5-29/h10-12H,2-9H2,1H3,(H,24,25,30)/i1D3. The number of aromatic nitrogens is 3. The third kappa shape index (κ3) is 5.07. The molecule has 1 amide bonds. The van der Waals surface area contributed by atoms with E-state index in [-0.39, 0.29) is 5.82 Å². The summed E-state index contributed by atoms with van der Waals surface area (Å²) in [6.45, 7) is 0.860. The Bertz CT molecular complexity index is 1040. The fourth-order valence-corrected chi connectivity index (χ4v) is 3.50. The lowest BCUT2D eigenvalue weighted by atomic mass is 10.1. The molecule has 2 aliphatic heterocycles. The molecular formula is C20H23F3N6O3. The van der Waals surface area contributed by atoms with Crippen LogP contribution in [0, 0.1) is 0 Å². The highest BCUT2D eigenvalue weighted by atomic mass is 19.4. The van der Waals surface area contributed by atoms with E-state index in [0.29, 0.717) is 70.3 Å². The largest absolute Gasteiger partial charge is 0.417 e. The van der Waals surface area contributed by atoms with Crippen molar-refractivity contribution >= 4 is 23.4 Å². The number of pyridine rings is 1. The zero-order valence-corrected chi connectivity index (χ0v) is 17.0. The second kappa shape index (κ2) is 9.25. The molecule has 32 heavy (non-hydrogen) atoms. The van der Waals surface area contributed by atoms with Crippen molar-refractivity contribution in [3.8, 4) is 11.4 Å². The molecule has 1 N–H and O–H groups in total. The number of rotatable bonds is 4. The molecule has 0 unspecified atom stereocenters. The third-order valence-electron chi connectivity index (χ3n) is 5.06. The van der Waals surface area contributed by atoms with Crippen molar-refractivity contribution in [3.05, 3.63) is 23.9 Å². The summed E-state index contributed by atoms with van der Waals surface area (Å²) in [5.41, 5.74) is -1.55. The Morgan fingerprint density at radius 3 is 2.09 bits per heavy atom. The first-order valence-corrected chi connectivity index (χ1v) is 9.96. The zero-order chi connectivity index (χ0) is 25.2. The van der Waals surface area contributed by atoms with Gasteiger partial charge in [-0.1, -0.05) is 0 Å². The van der Waals surface area contributed by atoms with E-state index in [1.165, 1.54) is 0 Å². The number of hydrogen-bond acceptors (Lipinski definition) is 8. The summed E-state index contributed by atoms with van der Waals surface area (Å²) in [7, 11) is 0. The predicted molar refractivity (Wildman–Crippen MR) is 111 cm³/mol. The van der Waals surface area contributed by atoms with Crippen LogP contribution in [0.15, 0.2) is 18.3 Å². The van der Waals surface area contributed by atoms with Crippen molar-refractivity contribution in [2.24, 2.45) is 0 Å². The van der Waals surface area contributed by atoms with E-state index >= 15 is 0 Å². The van der Waals surface area contributed by atoms with E-state index < -0.39 is 35.9 Å². The second-order valence-corrected chi connectivity index (χ2v) is 7.17. The van der Waals surface area contributed by atoms with Gasteiger partial charge in [0.2, 0.25) is 5.91 Å². The van der Waals surface area contributed by atoms with Crippen LogP contribution in [0.5, 0.6) is 0 Å². The Morgan fingerprint density at radius 2 is 1.59 bits per heavy atom. The Morgan fingerprint density at radius 1 is 1.03 bits per heavy atom. The van der Waals surface area contributed by atoms with E-state index in [0.717, 1.165) is 6.20 Å². The summed E-state index contributed by atoms with van der Waals surface area (Å²) in [5, 5.41) is 1.90. The molecule has 2 fully saturated rings. The maximum atomic E-state index is 14.0. The number of ether oxygens (including phenoxy) is 2. The van der Waals surface area contributed by atoms with Gasteiger partial charge in [0.05, 0.1) is 37.6 Å². The molecule has 0 bridgehead atoms. The number of nitrogens with one attached hydrogen (secondary N) is 1. The van der Waals surface area contributed by atoms with Crippen molar-refractivity contribution in [2.75, 3.05) is 67.7 Å². The average molecular weight is 455 g/mol. The molecule has 2 aromatic heterocycles. The van der Waals surface area contributed by atoms with E-state index in [1.807, 2.05) is 15.1 Å². The maximum absolute atomic E-state index is 14.0. The minimum Gasteiger partial charge on any atom is -0.378 e. The molecule has 172 valence electrons. The summed E-state index contributed by atoms with van der Waals surface area (Å²) >= 11 is 0. The molecule has 0 aliphatic carbocycles. The molecule has 0 atom stereocenters. The summed E-state index contributed by atoms with van der Waals surface area (Å²) < 4.78 is 74.2. The first-order chi connectivity index (χ1) is 16.5. The molecular weight excluding hydrogens is 429 g/mol. The fraction of sp³-hybridized carbons (Fsp3) is 0.500. The van der Waals surface area contributed by atoms with Gasteiger partial charge < -0.3 is 24.6 Å². The van der Waals surface area contributed by atoms with Crippen LogP contribution in [0.3, 0.4) is 0 Å². The van der Waals surface area contributed by atoms with Crippen molar-refractivity contribution in [3.63, 3.8) is 0 Å². The number of carbonyl (C=O) groups is 1. The molecule has 2 aliphatic rings. The van der Waals surface area contributed by atoms with Gasteiger partial charge in [0.15, 0.2) is 5.82 Å². The van der Waals surface area contributed by atoms with E-state index in [4.69, 9.17) is 13.6 Å². The van der Waals surface area contributed by atoms with Gasteiger partial charge in [-0.15, -0.1) is 0 Å². The predicted octanol–water partition coefficient (Wildman–Crippen LogP) is 2.19. The molecule has 2 saturated heterocycles. The van der Waals surface area contributed by atoms with E-state index in [1.54, 1.807) is 6.07 Å². The van der Waals surface area contributed by atoms with Crippen LogP contribution >= 0.6 is 0 Å². The Hall–Kier alpha value is -2.99. The maximum Gasteiger partial charge on any atom is 0.417 e. The minimum atomic E-state index is -4.85. The van der Waals surface area contributed by atoms with Crippen LogP contribution in [-0.2, 0) is 20.4 Å². The van der Waals surface area contributed by atoms with E-state index in [2.05, 4.69) is 15.0 Å². The molecule has 0 spiro atoms. The number of morpholine rings is 2. The number of halogens is 3. The van der Waals surface area contributed by atoms with Crippen molar-refractivity contribution in [1.82, 2.24) is 15.0 Å². The van der Waals surface area contributed by atoms with Crippen LogP contribution in [0.25, 0.3) is 11.4 Å². The van der Waals surface area contributed by atoms with E-state index in [9.17, 15) is 18.0 Å². The number of nitrogens with zero attached hydrogens (tertiary/aromatic N) is 5. The SMILES string of the molecule is [2H]C([2H])([2H])C(=O)Nc1cc(C(F)(F)F)c(-c2nc(N3CCOCC3)cc(N3CCOCC3)n2)cn1. The van der Waals surface area contributed by atoms with Gasteiger partial charge in [0.1, 0.15) is 17.5 Å². The van der Waals surface area contributed by atoms with Gasteiger partial charge >= 0.3 is 6.18 Å². The lowest BCUT2D eigenvalue weighted by Gasteiger charge is -2.31. The Balaban J connectivity index is 1.78. The van der Waals surface area contributed by atoms with Gasteiger partial charge in [0, 0.05) is 49.4 Å². The molecule has 0 aromatic carbocycles. The van der Waals surface area contributed by atoms with Crippen LogP contribution in [0.4, 0.5) is 30.6 Å². The van der Waals surface area contributed by atoms with Gasteiger partial charge in [-0.2, -0.15) is 13.2 Å². The first kappa shape index (κ1) is 18.6. The highest BCUT2D eigenvalue weighted by Gasteiger charge is 2.36. The summed E-state index contributed by atoms with van der Waals surface area (Å²) in [6, 6.07) is 2.31. The second-order valence-electron chi connectivity index (χ2n) is 7.17. The third-order valence-corrected chi connectivity index (χ3v) is 5.06.